The van der Waals surface area contributed by atoms with Gasteiger partial charge in [-0.2, -0.15) is 0 Å². The number of nitrogens with zero attached hydrogens (tertiary/aromatic N) is 3. The molecule has 0 aliphatic carbocycles. The lowest BCUT2D eigenvalue weighted by molar-refractivity contribution is -0.136. The quantitative estimate of drug-likeness (QED) is 0.469. The fourth-order valence-electron chi connectivity index (χ4n) is 4.65. The molecule has 0 spiro atoms. The number of hydrogen-bond donors (Lipinski definition) is 2. The number of para-hydroxylation sites is 1. The van der Waals surface area contributed by atoms with E-state index in [0.29, 0.717) is 48.6 Å². The number of amides is 2. The van der Waals surface area contributed by atoms with Crippen molar-refractivity contribution >= 4 is 40.7 Å². The van der Waals surface area contributed by atoms with Gasteiger partial charge in [-0.05, 0) is 50.2 Å². The molecule has 2 amide bonds. The van der Waals surface area contributed by atoms with Crippen LogP contribution in [0.4, 0.5) is 5.69 Å². The number of hydrogen-bond acceptors (Lipinski definition) is 5. The molecule has 37 heavy (non-hydrogen) atoms. The van der Waals surface area contributed by atoms with Gasteiger partial charge in [-0.1, -0.05) is 61.3 Å². The summed E-state index contributed by atoms with van der Waals surface area (Å²) in [6.45, 7) is 6.68. The number of benzene rings is 2. The van der Waals surface area contributed by atoms with Gasteiger partial charge in [-0.3, -0.25) is 9.59 Å². The summed E-state index contributed by atoms with van der Waals surface area (Å²) < 4.78 is 0. The van der Waals surface area contributed by atoms with E-state index in [2.05, 4.69) is 24.1 Å². The summed E-state index contributed by atoms with van der Waals surface area (Å²) in [6, 6.07) is 12.4. The van der Waals surface area contributed by atoms with Gasteiger partial charge >= 0.3 is 0 Å². The Labute approximate surface area is 230 Å². The molecule has 2 N–H and O–H groups in total. The molecular formula is C28H38Cl2N4O3. The average Bonchev–Trinajstić information content (AvgIpc) is 2.84. The van der Waals surface area contributed by atoms with Gasteiger partial charge in [0.15, 0.2) is 0 Å². The number of rotatable bonds is 10. The largest absolute Gasteiger partial charge is 0.388 e. The zero-order valence-electron chi connectivity index (χ0n) is 22.1. The van der Waals surface area contributed by atoms with Crippen LogP contribution >= 0.6 is 23.2 Å². The van der Waals surface area contributed by atoms with E-state index < -0.39 is 12.1 Å². The lowest BCUT2D eigenvalue weighted by Crippen LogP contribution is -2.56. The molecule has 1 heterocycles. The van der Waals surface area contributed by atoms with E-state index in [1.807, 2.05) is 38.4 Å². The Morgan fingerprint density at radius 3 is 2.35 bits per heavy atom. The van der Waals surface area contributed by atoms with E-state index >= 15 is 0 Å². The van der Waals surface area contributed by atoms with E-state index in [4.69, 9.17) is 23.2 Å². The molecule has 1 aliphatic rings. The SMILES string of the molecule is CC(C)CC(O)c1ccccc1N1CCN(C(=O)[C@@H](Cc2ccc(Cl)cc2Cl)NC(=O)CN(C)C)CC1. The molecule has 0 saturated carbocycles. The van der Waals surface area contributed by atoms with Crippen LogP contribution in [0.5, 0.6) is 0 Å². The number of halogens is 2. The molecule has 1 unspecified atom stereocenters. The van der Waals surface area contributed by atoms with Crippen molar-refractivity contribution in [1.29, 1.82) is 0 Å². The van der Waals surface area contributed by atoms with E-state index in [0.717, 1.165) is 16.8 Å². The van der Waals surface area contributed by atoms with Crippen molar-refractivity contribution in [1.82, 2.24) is 15.1 Å². The maximum Gasteiger partial charge on any atom is 0.245 e. The molecule has 3 rings (SSSR count). The Balaban J connectivity index is 1.72. The molecule has 1 saturated heterocycles. The number of likely N-dealkylation sites (N-methyl/N-ethyl adjacent to an activating group) is 1. The minimum Gasteiger partial charge on any atom is -0.388 e. The lowest BCUT2D eigenvalue weighted by Gasteiger charge is -2.39. The molecule has 0 aromatic heterocycles. The van der Waals surface area contributed by atoms with Crippen LogP contribution in [0.1, 0.15) is 37.5 Å². The molecule has 7 nitrogen and oxygen atoms in total. The van der Waals surface area contributed by atoms with Gasteiger partial charge in [0.1, 0.15) is 6.04 Å². The number of piperazine rings is 1. The molecule has 1 fully saturated rings. The third kappa shape index (κ3) is 8.34. The minimum absolute atomic E-state index is 0.133. The fraction of sp³-hybridized carbons (Fsp3) is 0.500. The second-order valence-electron chi connectivity index (χ2n) is 10.3. The van der Waals surface area contributed by atoms with Crippen LogP contribution < -0.4 is 10.2 Å². The highest BCUT2D eigenvalue weighted by molar-refractivity contribution is 6.35. The summed E-state index contributed by atoms with van der Waals surface area (Å²) in [4.78, 5) is 32.0. The summed E-state index contributed by atoms with van der Waals surface area (Å²) >= 11 is 12.4. The van der Waals surface area contributed by atoms with E-state index in [1.54, 1.807) is 28.0 Å². The first-order valence-corrected chi connectivity index (χ1v) is 13.5. The highest BCUT2D eigenvalue weighted by Gasteiger charge is 2.30. The average molecular weight is 550 g/mol. The van der Waals surface area contributed by atoms with Crippen LogP contribution in [0.15, 0.2) is 42.5 Å². The maximum absolute atomic E-state index is 13.6. The van der Waals surface area contributed by atoms with Gasteiger partial charge in [-0.15, -0.1) is 0 Å². The van der Waals surface area contributed by atoms with Gasteiger partial charge in [0, 0.05) is 53.9 Å². The molecule has 2 aromatic rings. The summed E-state index contributed by atoms with van der Waals surface area (Å²) in [7, 11) is 3.61. The number of carbonyl (C=O) groups is 2. The predicted octanol–water partition coefficient (Wildman–Crippen LogP) is 4.01. The van der Waals surface area contributed by atoms with Crippen molar-refractivity contribution in [3.8, 4) is 0 Å². The van der Waals surface area contributed by atoms with Crippen molar-refractivity contribution < 1.29 is 14.7 Å². The van der Waals surface area contributed by atoms with Crippen LogP contribution in [0.2, 0.25) is 10.0 Å². The number of aliphatic hydroxyl groups is 1. The van der Waals surface area contributed by atoms with Gasteiger partial charge in [0.25, 0.3) is 0 Å². The maximum atomic E-state index is 13.6. The molecule has 9 heteroatoms. The smallest absolute Gasteiger partial charge is 0.245 e. The standard InChI is InChI=1S/C28H38Cl2N4O3/c1-19(2)15-26(35)22-7-5-6-8-25(22)33-11-13-34(14-12-33)28(37)24(31-27(36)18-32(3)4)16-20-9-10-21(29)17-23(20)30/h5-10,17,19,24,26,35H,11-16,18H2,1-4H3,(H,31,36)/t24-,26?/m1/s1. The van der Waals surface area contributed by atoms with E-state index in [9.17, 15) is 14.7 Å². The summed E-state index contributed by atoms with van der Waals surface area (Å²) in [6.07, 6.45) is 0.437. The number of nitrogens with one attached hydrogen (secondary N) is 1. The van der Waals surface area contributed by atoms with Crippen LogP contribution in [0.3, 0.4) is 0 Å². The highest BCUT2D eigenvalue weighted by Crippen LogP contribution is 2.31. The van der Waals surface area contributed by atoms with Crippen LogP contribution in [0.25, 0.3) is 0 Å². The molecule has 2 aromatic carbocycles. The van der Waals surface area contributed by atoms with Gasteiger partial charge in [0.2, 0.25) is 11.8 Å². The zero-order valence-corrected chi connectivity index (χ0v) is 23.6. The Morgan fingerprint density at radius 1 is 1.05 bits per heavy atom. The van der Waals surface area contributed by atoms with Gasteiger partial charge < -0.3 is 25.1 Å². The first kappa shape index (κ1) is 29.2. The van der Waals surface area contributed by atoms with Crippen molar-refractivity contribution in [2.75, 3.05) is 51.7 Å². The minimum atomic E-state index is -0.738. The van der Waals surface area contributed by atoms with Crippen LogP contribution in [-0.4, -0.2) is 79.6 Å². The third-order valence-electron chi connectivity index (χ3n) is 6.45. The van der Waals surface area contributed by atoms with Crippen LogP contribution in [0, 0.1) is 5.92 Å². The monoisotopic (exact) mass is 548 g/mol. The van der Waals surface area contributed by atoms with Crippen molar-refractivity contribution in [2.45, 2.75) is 38.8 Å². The van der Waals surface area contributed by atoms with Gasteiger partial charge in [-0.25, -0.2) is 0 Å². The topological polar surface area (TPSA) is 76.1 Å². The fourth-order valence-corrected chi connectivity index (χ4v) is 5.14. The number of anilines is 1. The summed E-state index contributed by atoms with van der Waals surface area (Å²) in [5.74, 6) is 0.0253. The van der Waals surface area contributed by atoms with Crippen molar-refractivity contribution in [3.05, 3.63) is 63.6 Å². The van der Waals surface area contributed by atoms with Crippen molar-refractivity contribution in [3.63, 3.8) is 0 Å². The summed E-state index contributed by atoms with van der Waals surface area (Å²) in [5, 5.41) is 14.7. The second kappa shape index (κ2) is 13.5. The predicted molar refractivity (Wildman–Crippen MR) is 150 cm³/mol. The van der Waals surface area contributed by atoms with Gasteiger partial charge in [0.05, 0.1) is 12.6 Å². The Morgan fingerprint density at radius 2 is 1.73 bits per heavy atom. The number of aliphatic hydroxyl groups excluding tert-OH is 1. The number of carbonyl (C=O) groups excluding carboxylic acids is 2. The first-order valence-electron chi connectivity index (χ1n) is 12.7. The molecule has 1 aliphatic heterocycles. The summed E-state index contributed by atoms with van der Waals surface area (Å²) in [5.41, 5.74) is 2.68. The van der Waals surface area contributed by atoms with E-state index in [1.165, 1.54) is 0 Å². The molecule has 2 atom stereocenters. The van der Waals surface area contributed by atoms with Crippen molar-refractivity contribution in [2.24, 2.45) is 5.92 Å². The normalized spacial score (nSPS) is 15.7. The molecule has 202 valence electrons. The highest BCUT2D eigenvalue weighted by atomic mass is 35.5. The molecule has 0 radical (unpaired) electrons. The Bertz CT molecular complexity index is 1070. The third-order valence-corrected chi connectivity index (χ3v) is 7.04. The first-order chi connectivity index (χ1) is 17.5. The second-order valence-corrected chi connectivity index (χ2v) is 11.2. The Hall–Kier alpha value is -2.32. The Kier molecular flexibility index (Phi) is 10.6. The zero-order chi connectivity index (χ0) is 27.1. The lowest BCUT2D eigenvalue weighted by atomic mass is 9.97. The molecule has 0 bridgehead atoms. The molecular weight excluding hydrogens is 511 g/mol. The van der Waals surface area contributed by atoms with Crippen LogP contribution in [-0.2, 0) is 16.0 Å². The van der Waals surface area contributed by atoms with E-state index in [-0.39, 0.29) is 24.8 Å².